The summed E-state index contributed by atoms with van der Waals surface area (Å²) in [6, 6.07) is 0.989. The Morgan fingerprint density at radius 1 is 0.704 bits per heavy atom. The molecule has 98 heavy (non-hydrogen) atoms. The standard InChI is InChI=1S/C60H88N12O26/c1-3-4-6-11-36(77)93-23-34-50(98-58-48(86)45(83)43(81)33(22-75)96-58)46(84)49(87)57(97-34)94-27-14-12-25(13-15-27)16-28-52(89)70-38(40(78)29-17-64-59(61)68-29)55(92)71-39(41(79)31-18-65-60(62)72(31)56-47(85)44(82)42(80)32(21-74)95-56)54(91)67-30(20-73)51(88)63-19-35(76)69-37(53(90)66-28)24(2)26-9-7-5-8-10-26/h5,7-10,12-15,24,28-34,37-50,56-58,73-75,78-87H,3-4,6,11,16-23H2,1-2H3,(H11,61,62,63,64,65,66,67,68,69,70,71,76,88,89,90,91,92)/p+2/t24-,28-,29+,30?,31+,32+,33+,34-,37-,38+,39-,40-,41-,42+,43+,44+,45+,46+,47+,48+,49-,50+,56-,57-,58+/m1/s1. The Morgan fingerprint density at radius 2 is 1.32 bits per heavy atom. The third-order valence-electron chi connectivity index (χ3n) is 17.8. The quantitative estimate of drug-likeness (QED) is 0.0296. The molecule has 38 nitrogen and oxygen atoms in total. The lowest BCUT2D eigenvalue weighted by molar-refractivity contribution is -0.663. The van der Waals surface area contributed by atoms with Gasteiger partial charge in [-0.2, -0.15) is 0 Å². The Labute approximate surface area is 559 Å². The van der Waals surface area contributed by atoms with Crippen molar-refractivity contribution in [1.29, 1.82) is 0 Å². The minimum atomic E-state index is -2.31. The molecule has 6 heterocycles. The predicted molar refractivity (Wildman–Crippen MR) is 329 cm³/mol. The predicted octanol–water partition coefficient (Wildman–Crippen LogP) is -15.5. The summed E-state index contributed by atoms with van der Waals surface area (Å²) in [5.41, 5.74) is 13.0. The van der Waals surface area contributed by atoms with Crippen LogP contribution >= 0.6 is 0 Å². The van der Waals surface area contributed by atoms with Crippen LogP contribution in [0.15, 0.2) is 59.6 Å². The molecule has 0 saturated carbocycles. The third-order valence-corrected chi connectivity index (χ3v) is 17.8. The van der Waals surface area contributed by atoms with Crippen LogP contribution in [-0.2, 0) is 54.1 Å². The first kappa shape index (κ1) is 76.1. The molecule has 3 fully saturated rings. The van der Waals surface area contributed by atoms with Crippen LogP contribution in [0.25, 0.3) is 0 Å². The summed E-state index contributed by atoms with van der Waals surface area (Å²) in [5.74, 6) is -9.27. The summed E-state index contributed by atoms with van der Waals surface area (Å²) in [6.07, 6.45) is -29.8. The van der Waals surface area contributed by atoms with Gasteiger partial charge in [0.15, 0.2) is 18.9 Å². The van der Waals surface area contributed by atoms with Gasteiger partial charge in [0.25, 0.3) is 0 Å². The van der Waals surface area contributed by atoms with Gasteiger partial charge in [-0.15, -0.1) is 0 Å². The minimum absolute atomic E-state index is 0.00300. The highest BCUT2D eigenvalue weighted by atomic mass is 16.7. The maximum absolute atomic E-state index is 15.2. The van der Waals surface area contributed by atoms with Crippen molar-refractivity contribution in [3.8, 4) is 5.75 Å². The summed E-state index contributed by atoms with van der Waals surface area (Å²) in [6.45, 7) is -1.49. The number of nitrogens with two attached hydrogens (primary N) is 2. The fraction of sp³-hybridized carbons (Fsp3) is 0.650. The van der Waals surface area contributed by atoms with Gasteiger partial charge in [0, 0.05) is 24.7 Å². The highest BCUT2D eigenvalue weighted by Crippen LogP contribution is 2.32. The topological polar surface area (TPSA) is 615 Å². The van der Waals surface area contributed by atoms with E-state index in [2.05, 4.69) is 46.9 Å². The molecule has 0 aromatic heterocycles. The van der Waals surface area contributed by atoms with Crippen LogP contribution < -0.4 is 63.2 Å². The van der Waals surface area contributed by atoms with Crippen molar-refractivity contribution in [2.45, 2.75) is 198 Å². The first-order valence-electron chi connectivity index (χ1n) is 31.9. The fourth-order valence-electron chi connectivity index (χ4n) is 12.0. The maximum atomic E-state index is 15.2. The molecule has 26 N–H and O–H groups in total. The molecule has 0 bridgehead atoms. The molecule has 0 spiro atoms. The number of guanidine groups is 2. The number of nitrogens with zero attached hydrogens (tertiary/aromatic N) is 2. The van der Waals surface area contributed by atoms with E-state index in [1.54, 1.807) is 37.3 Å². The first-order chi connectivity index (χ1) is 46.7. The number of hydrogen-bond donors (Lipinski definition) is 24. The number of carbonyl (C=O) groups is 5. The number of hydrogen-bond acceptors (Lipinski definition) is 30. The Balaban J connectivity index is 1.13. The lowest BCUT2D eigenvalue weighted by atomic mass is 9.92. The number of ether oxygens (including phenoxy) is 6. The number of aliphatic imine (C=N–C) groups is 1. The van der Waals surface area contributed by atoms with Crippen LogP contribution in [0.1, 0.15) is 56.6 Å². The maximum Gasteiger partial charge on any atom is 0.358 e. The van der Waals surface area contributed by atoms with Crippen molar-refractivity contribution >= 4 is 53.3 Å². The molecule has 1 unspecified atom stereocenters. The number of unbranched alkanes of at least 4 members (excludes halogenated alkanes) is 2. The Kier molecular flexibility index (Phi) is 26.8. The zero-order valence-corrected chi connectivity index (χ0v) is 53.3. The van der Waals surface area contributed by atoms with Crippen molar-refractivity contribution in [1.82, 2.24) is 31.9 Å². The molecule has 2 aromatic carbocycles. The Hall–Kier alpha value is -7.61. The summed E-state index contributed by atoms with van der Waals surface area (Å²) in [7, 11) is 0. The Bertz CT molecular complexity index is 3160. The van der Waals surface area contributed by atoms with Gasteiger partial charge < -0.3 is 126 Å². The van der Waals surface area contributed by atoms with Crippen LogP contribution in [0.3, 0.4) is 0 Å². The highest BCUT2D eigenvalue weighted by molar-refractivity contribution is 5.97. The van der Waals surface area contributed by atoms with Crippen molar-refractivity contribution in [2.75, 3.05) is 46.1 Å². The summed E-state index contributed by atoms with van der Waals surface area (Å²) in [5, 5.41) is 182. The second-order valence-corrected chi connectivity index (χ2v) is 24.6. The number of nitrogens with one attached hydrogen (secondary N) is 8. The molecule has 4 amide bonds. The molecule has 3 saturated heterocycles. The van der Waals surface area contributed by atoms with Gasteiger partial charge >= 0.3 is 23.8 Å². The van der Waals surface area contributed by atoms with E-state index in [1.807, 2.05) is 6.92 Å². The largest absolute Gasteiger partial charge is 0.858 e. The molecule has 25 atom stereocenters. The first-order valence-corrected chi connectivity index (χ1v) is 31.9. The lowest BCUT2D eigenvalue weighted by Gasteiger charge is -2.46. The van der Waals surface area contributed by atoms with Gasteiger partial charge in [0.05, 0.1) is 26.4 Å². The monoisotopic (exact) mass is 1390 g/mol. The van der Waals surface area contributed by atoms with E-state index in [0.29, 0.717) is 18.4 Å². The molecule has 0 aliphatic carbocycles. The number of amides is 4. The van der Waals surface area contributed by atoms with Gasteiger partial charge in [-0.25, -0.2) is 9.57 Å². The van der Waals surface area contributed by atoms with Gasteiger partial charge in [-0.1, -0.05) is 69.2 Å². The molecular weight excluding hydrogens is 1300 g/mol. The van der Waals surface area contributed by atoms with Crippen LogP contribution in [-0.4, -0.2) is 322 Å². The van der Waals surface area contributed by atoms with E-state index in [0.717, 1.165) is 11.0 Å². The number of carbonyl (C=O) groups excluding carboxylic acids is 5. The van der Waals surface area contributed by atoms with Crippen molar-refractivity contribution in [3.63, 3.8) is 0 Å². The van der Waals surface area contributed by atoms with Gasteiger partial charge in [0.1, 0.15) is 141 Å². The second kappa shape index (κ2) is 34.4. The summed E-state index contributed by atoms with van der Waals surface area (Å²) < 4.78 is 35.5. The average Bonchev–Trinajstić information content (AvgIpc) is 1.39. The number of aliphatic hydroxyl groups is 14. The van der Waals surface area contributed by atoms with Crippen molar-refractivity contribution in [3.05, 3.63) is 65.7 Å². The molecular formula is C60H90N12O26+2. The third kappa shape index (κ3) is 18.0. The molecule has 6 aliphatic rings. The van der Waals surface area contributed by atoms with E-state index in [1.165, 1.54) is 24.3 Å². The molecule has 2 aromatic rings. The number of rotatable bonds is 22. The number of benzene rings is 2. The zero-order chi connectivity index (χ0) is 71.4. The molecule has 0 radical (unpaired) electrons. The van der Waals surface area contributed by atoms with E-state index < -0.39 is 240 Å². The van der Waals surface area contributed by atoms with E-state index in [-0.39, 0.29) is 36.2 Å². The summed E-state index contributed by atoms with van der Waals surface area (Å²) >= 11 is 0. The zero-order valence-electron chi connectivity index (χ0n) is 53.3. The highest BCUT2D eigenvalue weighted by Gasteiger charge is 2.55. The minimum Gasteiger partial charge on any atom is -0.858 e. The number of aliphatic hydroxyl groups excluding tert-OH is 14. The van der Waals surface area contributed by atoms with E-state index in [9.17, 15) is 91.0 Å². The Morgan fingerprint density at radius 3 is 1.96 bits per heavy atom. The van der Waals surface area contributed by atoms with E-state index in [4.69, 9.17) is 39.9 Å². The van der Waals surface area contributed by atoms with Gasteiger partial charge in [-0.05, 0) is 29.7 Å². The SMILES string of the molecule is CCCCCC(=O)OC[C@H]1O[C@@H](Oc2ccc(C[C@H]3NC(=O)[C@@H]([C@H](C)c4ccccc4)N=C([O-])C[NH+]=C(O)C(CO)NC(=O)[C@@H]([C@H](O)[C@@H]4CNC(N)=[N+]4[C@@H]4O[C@@H](CO)[C@H](O)[C@H](O)[C@@H]4O)NC(=O)[C@H]([C@H](O)[C@@H]4C[NH+]=C(N)N4)NC3=O)cc2)[C@H](O)[C@H](O)[C@H]1O[C@@H]1O[C@@H](CO)[C@H](O)[C@H](O)[C@@H]1O. The van der Waals surface area contributed by atoms with Gasteiger partial charge in [0.2, 0.25) is 36.1 Å². The molecule has 544 valence electrons. The van der Waals surface area contributed by atoms with Gasteiger partial charge in [-0.3, -0.25) is 56.1 Å². The molecule has 8 rings (SSSR count). The average molecular weight is 1400 g/mol. The fourth-order valence-corrected chi connectivity index (χ4v) is 12.0. The normalized spacial score (nSPS) is 35.6. The molecule has 38 heteroatoms. The number of esters is 1. The van der Waals surface area contributed by atoms with E-state index >= 15 is 9.59 Å². The van der Waals surface area contributed by atoms with Crippen LogP contribution in [0.2, 0.25) is 0 Å². The molecule has 6 aliphatic heterocycles. The van der Waals surface area contributed by atoms with Crippen molar-refractivity contribution < 1.29 is 144 Å². The lowest BCUT2D eigenvalue weighted by Crippen LogP contribution is -2.80. The van der Waals surface area contributed by atoms with Crippen LogP contribution in [0.4, 0.5) is 0 Å². The van der Waals surface area contributed by atoms with Crippen LogP contribution in [0.5, 0.6) is 5.75 Å². The van der Waals surface area contributed by atoms with Crippen LogP contribution in [0, 0.1) is 0 Å². The smallest absolute Gasteiger partial charge is 0.358 e. The second-order valence-electron chi connectivity index (χ2n) is 24.6. The van der Waals surface area contributed by atoms with Crippen molar-refractivity contribution in [2.24, 2.45) is 16.5 Å². The summed E-state index contributed by atoms with van der Waals surface area (Å²) in [4.78, 5) is 82.1.